The summed E-state index contributed by atoms with van der Waals surface area (Å²) in [6.45, 7) is 0. The van der Waals surface area contributed by atoms with Crippen LogP contribution in [0.15, 0.2) is 36.4 Å². The molecule has 2 aromatic rings. The molecule has 0 aliphatic heterocycles. The van der Waals surface area contributed by atoms with Crippen LogP contribution in [0.25, 0.3) is 0 Å². The summed E-state index contributed by atoms with van der Waals surface area (Å²) in [5, 5.41) is 51.1. The van der Waals surface area contributed by atoms with Crippen molar-refractivity contribution >= 4 is 13.4 Å². The fourth-order valence-corrected chi connectivity index (χ4v) is 2.81. The molecule has 0 heterocycles. The first-order chi connectivity index (χ1) is 11.0. The van der Waals surface area contributed by atoms with Crippen LogP contribution in [0.5, 0.6) is 17.2 Å². The molecule has 2 rings (SSSR count). The summed E-state index contributed by atoms with van der Waals surface area (Å²) in [6, 6.07) is 7.20. The molecule has 0 radical (unpaired) electrons. The van der Waals surface area contributed by atoms with Crippen LogP contribution in [-0.4, -0.2) is 35.3 Å². The molecule has 130 valence electrons. The van der Waals surface area contributed by atoms with E-state index in [1.807, 2.05) is 0 Å². The van der Waals surface area contributed by atoms with Gasteiger partial charge < -0.3 is 35.3 Å². The number of hydrogen-bond acceptors (Lipinski definition) is 6. The molecule has 0 aliphatic carbocycles. The van der Waals surface area contributed by atoms with E-state index < -0.39 is 42.7 Å². The standard InChI is InChI=1S/C14H16NO8P/c16-9-3-1-2-8(4-9)7-14(19,20)13-11(15-24(21,22)23)5-10(17)6-12(13)18/h1-6,16-20H,7H2,(H3,15,21,22,23). The summed E-state index contributed by atoms with van der Waals surface area (Å²) >= 11 is 0. The van der Waals surface area contributed by atoms with E-state index in [1.165, 1.54) is 24.3 Å². The smallest absolute Gasteiger partial charge is 0.427 e. The van der Waals surface area contributed by atoms with Crippen molar-refractivity contribution in [3.8, 4) is 17.2 Å². The summed E-state index contributed by atoms with van der Waals surface area (Å²) in [5.41, 5.74) is -0.896. The molecule has 0 bridgehead atoms. The van der Waals surface area contributed by atoms with Gasteiger partial charge in [0, 0.05) is 18.6 Å². The third-order valence-corrected chi connectivity index (χ3v) is 3.66. The molecule has 9 nitrogen and oxygen atoms in total. The molecule has 0 fully saturated rings. The molecule has 0 spiro atoms. The van der Waals surface area contributed by atoms with Gasteiger partial charge in [-0.05, 0) is 17.7 Å². The third kappa shape index (κ3) is 4.38. The van der Waals surface area contributed by atoms with Gasteiger partial charge in [-0.3, -0.25) is 5.09 Å². The first-order valence-electron chi connectivity index (χ1n) is 6.61. The Balaban J connectivity index is 2.50. The minimum Gasteiger partial charge on any atom is -0.508 e. The lowest BCUT2D eigenvalue weighted by atomic mass is 9.95. The summed E-state index contributed by atoms with van der Waals surface area (Å²) in [4.78, 5) is 18.0. The molecule has 0 aliphatic rings. The van der Waals surface area contributed by atoms with Crippen LogP contribution in [-0.2, 0) is 16.8 Å². The van der Waals surface area contributed by atoms with E-state index in [0.717, 1.165) is 12.1 Å². The van der Waals surface area contributed by atoms with Crippen LogP contribution in [0, 0.1) is 0 Å². The topological polar surface area (TPSA) is 171 Å². The minimum atomic E-state index is -4.85. The second kappa shape index (κ2) is 6.31. The zero-order valence-electron chi connectivity index (χ0n) is 12.2. The van der Waals surface area contributed by atoms with Crippen LogP contribution < -0.4 is 5.09 Å². The molecule has 0 unspecified atom stereocenters. The Bertz CT molecular complexity index is 801. The van der Waals surface area contributed by atoms with E-state index >= 15 is 0 Å². The molecule has 0 atom stereocenters. The fourth-order valence-electron chi connectivity index (χ4n) is 2.32. The fraction of sp³-hybridized carbons (Fsp3) is 0.143. The van der Waals surface area contributed by atoms with E-state index in [2.05, 4.69) is 0 Å². The predicted molar refractivity (Wildman–Crippen MR) is 83.4 cm³/mol. The number of anilines is 1. The van der Waals surface area contributed by atoms with Crippen molar-refractivity contribution in [2.75, 3.05) is 5.09 Å². The van der Waals surface area contributed by atoms with Crippen molar-refractivity contribution in [3.05, 3.63) is 47.5 Å². The summed E-state index contributed by atoms with van der Waals surface area (Å²) in [6.07, 6.45) is -0.504. The van der Waals surface area contributed by atoms with Gasteiger partial charge in [-0.1, -0.05) is 12.1 Å². The molecule has 10 heteroatoms. The third-order valence-electron chi connectivity index (χ3n) is 3.13. The Kier molecular flexibility index (Phi) is 4.75. The largest absolute Gasteiger partial charge is 0.508 e. The summed E-state index contributed by atoms with van der Waals surface area (Å²) in [7, 11) is -4.85. The lowest BCUT2D eigenvalue weighted by Crippen LogP contribution is -2.29. The normalized spacial score (nSPS) is 12.2. The van der Waals surface area contributed by atoms with Gasteiger partial charge in [-0.2, -0.15) is 0 Å². The van der Waals surface area contributed by atoms with Crippen LogP contribution in [0.2, 0.25) is 0 Å². The number of phenols is 3. The van der Waals surface area contributed by atoms with Gasteiger partial charge in [-0.25, -0.2) is 4.57 Å². The van der Waals surface area contributed by atoms with Crippen molar-refractivity contribution in [1.29, 1.82) is 0 Å². The molecular formula is C14H16NO8P. The first kappa shape index (κ1) is 18.1. The second-order valence-electron chi connectivity index (χ2n) is 5.21. The van der Waals surface area contributed by atoms with Crippen molar-refractivity contribution in [2.24, 2.45) is 0 Å². The number of benzene rings is 2. The van der Waals surface area contributed by atoms with Crippen molar-refractivity contribution in [1.82, 2.24) is 0 Å². The number of aliphatic hydroxyl groups is 2. The molecule has 24 heavy (non-hydrogen) atoms. The van der Waals surface area contributed by atoms with E-state index in [1.54, 1.807) is 5.09 Å². The van der Waals surface area contributed by atoms with Crippen LogP contribution in [0.1, 0.15) is 11.1 Å². The number of aromatic hydroxyl groups is 3. The highest BCUT2D eigenvalue weighted by molar-refractivity contribution is 7.53. The molecule has 8 N–H and O–H groups in total. The van der Waals surface area contributed by atoms with Gasteiger partial charge in [0.05, 0.1) is 11.3 Å². The highest BCUT2D eigenvalue weighted by atomic mass is 31.2. The quantitative estimate of drug-likeness (QED) is 0.283. The van der Waals surface area contributed by atoms with Gasteiger partial charge in [0.2, 0.25) is 0 Å². The van der Waals surface area contributed by atoms with Crippen molar-refractivity contribution in [3.63, 3.8) is 0 Å². The summed E-state index contributed by atoms with van der Waals surface area (Å²) < 4.78 is 11.1. The van der Waals surface area contributed by atoms with Crippen LogP contribution in [0.4, 0.5) is 5.69 Å². The maximum Gasteiger partial charge on any atom is 0.427 e. The highest BCUT2D eigenvalue weighted by Gasteiger charge is 2.34. The summed E-state index contributed by atoms with van der Waals surface area (Å²) in [5.74, 6) is -4.19. The zero-order valence-corrected chi connectivity index (χ0v) is 13.1. The molecular weight excluding hydrogens is 341 g/mol. The van der Waals surface area contributed by atoms with Gasteiger partial charge >= 0.3 is 7.75 Å². The maximum absolute atomic E-state index is 11.1. The Morgan fingerprint density at radius 2 is 1.67 bits per heavy atom. The van der Waals surface area contributed by atoms with Crippen LogP contribution in [0.3, 0.4) is 0 Å². The lowest BCUT2D eigenvalue weighted by molar-refractivity contribution is -0.168. The first-order valence-corrected chi connectivity index (χ1v) is 8.22. The van der Waals surface area contributed by atoms with Gasteiger partial charge in [0.25, 0.3) is 0 Å². The molecule has 0 amide bonds. The van der Waals surface area contributed by atoms with E-state index in [0.29, 0.717) is 0 Å². The van der Waals surface area contributed by atoms with Gasteiger partial charge in [-0.15, -0.1) is 0 Å². The lowest BCUT2D eigenvalue weighted by Gasteiger charge is -2.26. The highest BCUT2D eigenvalue weighted by Crippen LogP contribution is 2.45. The predicted octanol–water partition coefficient (Wildman–Crippen LogP) is 0.688. The SMILES string of the molecule is O=P(O)(O)Nc1cc(O)cc(O)c1C(O)(O)Cc1cccc(O)c1. The average molecular weight is 357 g/mol. The van der Waals surface area contributed by atoms with E-state index in [-0.39, 0.29) is 11.3 Å². The van der Waals surface area contributed by atoms with Gasteiger partial charge in [0.1, 0.15) is 17.2 Å². The monoisotopic (exact) mass is 357 g/mol. The Hall–Kier alpha value is -2.29. The Labute approximate surface area is 136 Å². The molecule has 2 aromatic carbocycles. The van der Waals surface area contributed by atoms with Crippen molar-refractivity contribution in [2.45, 2.75) is 12.2 Å². The van der Waals surface area contributed by atoms with E-state index in [9.17, 15) is 30.1 Å². The Morgan fingerprint density at radius 3 is 2.25 bits per heavy atom. The van der Waals surface area contributed by atoms with Crippen molar-refractivity contribution < 1.29 is 39.9 Å². The average Bonchev–Trinajstić information content (AvgIpc) is 2.34. The number of nitrogens with one attached hydrogen (secondary N) is 1. The van der Waals surface area contributed by atoms with Crippen LogP contribution >= 0.6 is 7.75 Å². The number of hydrogen-bond donors (Lipinski definition) is 8. The van der Waals surface area contributed by atoms with E-state index in [4.69, 9.17) is 9.79 Å². The minimum absolute atomic E-state index is 0.119. The molecule has 0 saturated heterocycles. The Morgan fingerprint density at radius 1 is 1.00 bits per heavy atom. The molecule has 0 saturated carbocycles. The zero-order chi connectivity index (χ0) is 18.1. The molecule has 0 aromatic heterocycles. The second-order valence-corrected chi connectivity index (χ2v) is 6.52. The van der Waals surface area contributed by atoms with Gasteiger partial charge in [0.15, 0.2) is 5.79 Å². The maximum atomic E-state index is 11.1. The number of phenolic OH excluding ortho intramolecular Hbond substituents is 3. The number of rotatable bonds is 5.